The molecule has 1 aliphatic heterocycles. The van der Waals surface area contributed by atoms with Gasteiger partial charge < -0.3 is 15.8 Å². The topological polar surface area (TPSA) is 64.4 Å². The van der Waals surface area contributed by atoms with E-state index in [4.69, 9.17) is 10.5 Å². The summed E-state index contributed by atoms with van der Waals surface area (Å²) in [7, 11) is 0. The molecule has 0 bridgehead atoms. The first-order valence-electron chi connectivity index (χ1n) is 6.64. The zero-order chi connectivity index (χ0) is 13.9. The molecule has 0 saturated carbocycles. The first-order chi connectivity index (χ1) is 9.75. The number of hydrogen-bond acceptors (Lipinski definition) is 3. The standard InChI is InChI=1S/C16H16N2O2/c17-16(19)13-5-1-2-6-15(13)20-14-7-3-4-11-10-18-9-8-12(11)14/h1-7,18H,8-10H2,(H2,17,19). The fourth-order valence-corrected chi connectivity index (χ4v) is 2.47. The number of nitrogens with two attached hydrogens (primary N) is 1. The number of benzene rings is 2. The van der Waals surface area contributed by atoms with Gasteiger partial charge in [-0.15, -0.1) is 0 Å². The number of primary amides is 1. The molecule has 1 heterocycles. The third kappa shape index (κ3) is 2.38. The number of carbonyl (C=O) groups is 1. The van der Waals surface area contributed by atoms with Crippen molar-refractivity contribution in [2.75, 3.05) is 6.54 Å². The van der Waals surface area contributed by atoms with Crippen molar-refractivity contribution in [1.29, 1.82) is 0 Å². The van der Waals surface area contributed by atoms with Gasteiger partial charge in [-0.25, -0.2) is 0 Å². The van der Waals surface area contributed by atoms with Gasteiger partial charge in [-0.2, -0.15) is 0 Å². The predicted molar refractivity (Wildman–Crippen MR) is 76.9 cm³/mol. The minimum Gasteiger partial charge on any atom is -0.456 e. The second kappa shape index (κ2) is 5.35. The molecule has 1 aliphatic rings. The molecule has 2 aromatic rings. The quantitative estimate of drug-likeness (QED) is 0.897. The van der Waals surface area contributed by atoms with Crippen LogP contribution in [0.25, 0.3) is 0 Å². The second-order valence-electron chi connectivity index (χ2n) is 4.78. The van der Waals surface area contributed by atoms with Crippen LogP contribution in [0.4, 0.5) is 0 Å². The lowest BCUT2D eigenvalue weighted by Crippen LogP contribution is -2.23. The van der Waals surface area contributed by atoms with Gasteiger partial charge in [-0.1, -0.05) is 24.3 Å². The summed E-state index contributed by atoms with van der Waals surface area (Å²) in [5, 5.41) is 3.33. The molecule has 0 atom stereocenters. The maximum Gasteiger partial charge on any atom is 0.252 e. The van der Waals surface area contributed by atoms with Crippen molar-refractivity contribution in [3.05, 3.63) is 59.2 Å². The Labute approximate surface area is 117 Å². The van der Waals surface area contributed by atoms with Crippen LogP contribution < -0.4 is 15.8 Å². The third-order valence-corrected chi connectivity index (χ3v) is 3.47. The first kappa shape index (κ1) is 12.7. The Bertz CT molecular complexity index is 653. The lowest BCUT2D eigenvalue weighted by Gasteiger charge is -2.20. The minimum atomic E-state index is -0.480. The highest BCUT2D eigenvalue weighted by Crippen LogP contribution is 2.31. The number of amides is 1. The molecule has 1 amide bonds. The Kier molecular flexibility index (Phi) is 3.39. The highest BCUT2D eigenvalue weighted by molar-refractivity contribution is 5.95. The van der Waals surface area contributed by atoms with E-state index in [9.17, 15) is 4.79 Å². The van der Waals surface area contributed by atoms with Crippen LogP contribution in [0.15, 0.2) is 42.5 Å². The molecule has 0 aromatic heterocycles. The zero-order valence-corrected chi connectivity index (χ0v) is 11.1. The van der Waals surface area contributed by atoms with Gasteiger partial charge in [0.1, 0.15) is 11.5 Å². The van der Waals surface area contributed by atoms with Gasteiger partial charge in [0.05, 0.1) is 5.56 Å². The van der Waals surface area contributed by atoms with Crippen molar-refractivity contribution in [2.24, 2.45) is 5.73 Å². The molecule has 0 spiro atoms. The van der Waals surface area contributed by atoms with E-state index in [2.05, 4.69) is 11.4 Å². The summed E-state index contributed by atoms with van der Waals surface area (Å²) in [6, 6.07) is 13.0. The van der Waals surface area contributed by atoms with E-state index >= 15 is 0 Å². The molecule has 0 fully saturated rings. The van der Waals surface area contributed by atoms with Gasteiger partial charge in [-0.05, 0) is 36.7 Å². The van der Waals surface area contributed by atoms with Crippen LogP contribution in [0.1, 0.15) is 21.5 Å². The smallest absolute Gasteiger partial charge is 0.252 e. The molecule has 20 heavy (non-hydrogen) atoms. The van der Waals surface area contributed by atoms with Gasteiger partial charge in [0.25, 0.3) is 5.91 Å². The van der Waals surface area contributed by atoms with E-state index in [0.29, 0.717) is 11.3 Å². The molecular weight excluding hydrogens is 252 g/mol. The highest BCUT2D eigenvalue weighted by atomic mass is 16.5. The summed E-state index contributed by atoms with van der Waals surface area (Å²) in [6.07, 6.45) is 0.921. The monoisotopic (exact) mass is 268 g/mol. The molecule has 3 rings (SSSR count). The van der Waals surface area contributed by atoms with Crippen molar-refractivity contribution in [3.63, 3.8) is 0 Å². The average molecular weight is 268 g/mol. The molecule has 0 radical (unpaired) electrons. The first-order valence-corrected chi connectivity index (χ1v) is 6.64. The van der Waals surface area contributed by atoms with Gasteiger partial charge in [0.2, 0.25) is 0 Å². The Morgan fingerprint density at radius 3 is 2.75 bits per heavy atom. The Morgan fingerprint density at radius 2 is 1.90 bits per heavy atom. The number of ether oxygens (including phenoxy) is 1. The summed E-state index contributed by atoms with van der Waals surface area (Å²) >= 11 is 0. The molecule has 0 saturated heterocycles. The van der Waals surface area contributed by atoms with Crippen molar-refractivity contribution in [3.8, 4) is 11.5 Å². The number of carbonyl (C=O) groups excluding carboxylic acids is 1. The number of fused-ring (bicyclic) bond motifs is 1. The zero-order valence-electron chi connectivity index (χ0n) is 11.1. The summed E-state index contributed by atoms with van der Waals surface area (Å²) in [5.41, 5.74) is 8.22. The van der Waals surface area contributed by atoms with E-state index in [1.54, 1.807) is 18.2 Å². The van der Waals surface area contributed by atoms with Crippen molar-refractivity contribution in [2.45, 2.75) is 13.0 Å². The van der Waals surface area contributed by atoms with E-state index in [1.807, 2.05) is 18.2 Å². The molecule has 4 nitrogen and oxygen atoms in total. The molecule has 0 unspecified atom stereocenters. The van der Waals surface area contributed by atoms with Crippen LogP contribution in [-0.4, -0.2) is 12.5 Å². The Hall–Kier alpha value is -2.33. The lowest BCUT2D eigenvalue weighted by atomic mass is 10.00. The van der Waals surface area contributed by atoms with Crippen LogP contribution in [0.2, 0.25) is 0 Å². The highest BCUT2D eigenvalue weighted by Gasteiger charge is 2.16. The van der Waals surface area contributed by atoms with Gasteiger partial charge in [0.15, 0.2) is 0 Å². The van der Waals surface area contributed by atoms with Crippen LogP contribution in [-0.2, 0) is 13.0 Å². The third-order valence-electron chi connectivity index (χ3n) is 3.47. The molecular formula is C16H16N2O2. The minimum absolute atomic E-state index is 0.402. The Morgan fingerprint density at radius 1 is 1.10 bits per heavy atom. The molecule has 102 valence electrons. The van der Waals surface area contributed by atoms with E-state index in [0.717, 1.165) is 25.3 Å². The summed E-state index contributed by atoms with van der Waals surface area (Å²) in [6.45, 7) is 1.79. The predicted octanol–water partition coefficient (Wildman–Crippen LogP) is 2.22. The maximum absolute atomic E-state index is 11.4. The van der Waals surface area contributed by atoms with Gasteiger partial charge >= 0.3 is 0 Å². The van der Waals surface area contributed by atoms with E-state index < -0.39 is 5.91 Å². The SMILES string of the molecule is NC(=O)c1ccccc1Oc1cccc2c1CCNC2. The number of nitrogens with one attached hydrogen (secondary N) is 1. The number of hydrogen-bond donors (Lipinski definition) is 2. The second-order valence-corrected chi connectivity index (χ2v) is 4.78. The average Bonchev–Trinajstić information content (AvgIpc) is 2.48. The number of rotatable bonds is 3. The Balaban J connectivity index is 1.98. The fraction of sp³-hybridized carbons (Fsp3) is 0.188. The molecule has 2 aromatic carbocycles. The van der Waals surface area contributed by atoms with Gasteiger partial charge in [-0.3, -0.25) is 4.79 Å². The van der Waals surface area contributed by atoms with Crippen molar-refractivity contribution in [1.82, 2.24) is 5.32 Å². The van der Waals surface area contributed by atoms with Gasteiger partial charge in [0, 0.05) is 12.1 Å². The van der Waals surface area contributed by atoms with Crippen molar-refractivity contribution < 1.29 is 9.53 Å². The van der Waals surface area contributed by atoms with Crippen molar-refractivity contribution >= 4 is 5.91 Å². The van der Waals surface area contributed by atoms with E-state index in [1.165, 1.54) is 11.1 Å². The summed E-state index contributed by atoms with van der Waals surface area (Å²) in [4.78, 5) is 11.4. The van der Waals surface area contributed by atoms with Crippen LogP contribution >= 0.6 is 0 Å². The van der Waals surface area contributed by atoms with Crippen LogP contribution in [0.5, 0.6) is 11.5 Å². The molecule has 0 aliphatic carbocycles. The normalized spacial score (nSPS) is 13.6. The van der Waals surface area contributed by atoms with Crippen LogP contribution in [0.3, 0.4) is 0 Å². The largest absolute Gasteiger partial charge is 0.456 e. The summed E-state index contributed by atoms with van der Waals surface area (Å²) < 4.78 is 5.94. The lowest BCUT2D eigenvalue weighted by molar-refractivity contribution is 0.0998. The molecule has 3 N–H and O–H groups in total. The summed E-state index contributed by atoms with van der Waals surface area (Å²) in [5.74, 6) is 0.830. The molecule has 4 heteroatoms. The number of para-hydroxylation sites is 1. The van der Waals surface area contributed by atoms with E-state index in [-0.39, 0.29) is 0 Å². The van der Waals surface area contributed by atoms with Crippen LogP contribution in [0, 0.1) is 0 Å². The fourth-order valence-electron chi connectivity index (χ4n) is 2.47. The maximum atomic E-state index is 11.4.